The summed E-state index contributed by atoms with van der Waals surface area (Å²) >= 11 is 0. The van der Waals surface area contributed by atoms with Crippen LogP contribution in [0.2, 0.25) is 0 Å². The fraction of sp³-hybridized carbons (Fsp3) is 0.533. The number of benzene rings is 1. The van der Waals surface area contributed by atoms with E-state index in [4.69, 9.17) is 0 Å². The Kier molecular flexibility index (Phi) is 6.83. The lowest BCUT2D eigenvalue weighted by molar-refractivity contribution is -0.123. The Bertz CT molecular complexity index is 582. The molecule has 6 nitrogen and oxygen atoms in total. The molecule has 1 rings (SSSR count). The molecule has 0 saturated carbocycles. The summed E-state index contributed by atoms with van der Waals surface area (Å²) in [5.41, 5.74) is 0.980. The molecule has 0 unspecified atom stereocenters. The molecule has 1 amide bonds. The van der Waals surface area contributed by atoms with Crippen molar-refractivity contribution in [2.24, 2.45) is 5.92 Å². The fourth-order valence-electron chi connectivity index (χ4n) is 1.87. The van der Waals surface area contributed by atoms with Crippen LogP contribution in [0.3, 0.4) is 0 Å². The lowest BCUT2D eigenvalue weighted by atomic mass is 10.0. The summed E-state index contributed by atoms with van der Waals surface area (Å²) < 4.78 is 25.7. The van der Waals surface area contributed by atoms with Crippen LogP contribution >= 0.6 is 0 Å². The monoisotopic (exact) mass is 328 g/mol. The van der Waals surface area contributed by atoms with Crippen molar-refractivity contribution in [3.8, 4) is 5.75 Å². The van der Waals surface area contributed by atoms with E-state index in [1.807, 2.05) is 0 Å². The number of aromatic hydroxyl groups is 1. The van der Waals surface area contributed by atoms with Gasteiger partial charge < -0.3 is 10.4 Å². The van der Waals surface area contributed by atoms with E-state index in [1.165, 1.54) is 6.92 Å². The van der Waals surface area contributed by atoms with Crippen LogP contribution in [0.15, 0.2) is 24.3 Å². The van der Waals surface area contributed by atoms with Crippen LogP contribution in [0.5, 0.6) is 5.75 Å². The van der Waals surface area contributed by atoms with Crippen LogP contribution in [-0.2, 0) is 21.2 Å². The van der Waals surface area contributed by atoms with Crippen molar-refractivity contribution in [1.29, 1.82) is 0 Å². The normalized spacial score (nSPS) is 13.1. The topological polar surface area (TPSA) is 95.5 Å². The molecule has 7 heteroatoms. The second kappa shape index (κ2) is 8.14. The first-order valence-corrected chi connectivity index (χ1v) is 8.96. The first kappa shape index (κ1) is 18.4. The molecule has 1 atom stereocenters. The Morgan fingerprint density at radius 2 is 1.82 bits per heavy atom. The number of nitrogens with one attached hydrogen (secondary N) is 2. The van der Waals surface area contributed by atoms with Gasteiger partial charge in [0, 0.05) is 6.54 Å². The largest absolute Gasteiger partial charge is 0.508 e. The van der Waals surface area contributed by atoms with Gasteiger partial charge in [0.25, 0.3) is 0 Å². The molecule has 1 aromatic rings. The molecule has 0 fully saturated rings. The summed E-state index contributed by atoms with van der Waals surface area (Å²) in [5, 5.41) is 11.9. The second-order valence-electron chi connectivity index (χ2n) is 5.45. The summed E-state index contributed by atoms with van der Waals surface area (Å²) in [6.07, 6.45) is 0.608. The van der Waals surface area contributed by atoms with E-state index in [-0.39, 0.29) is 23.3 Å². The number of sulfonamides is 1. The highest BCUT2D eigenvalue weighted by atomic mass is 32.2. The van der Waals surface area contributed by atoms with Gasteiger partial charge in [-0.3, -0.25) is 4.79 Å². The highest BCUT2D eigenvalue weighted by Gasteiger charge is 2.26. The molecule has 0 spiro atoms. The Hall–Kier alpha value is -1.60. The molecular weight excluding hydrogens is 304 g/mol. The molecule has 0 aliphatic heterocycles. The third kappa shape index (κ3) is 6.03. The van der Waals surface area contributed by atoms with Gasteiger partial charge in [-0.1, -0.05) is 26.0 Å². The second-order valence-corrected chi connectivity index (χ2v) is 7.49. The maximum atomic E-state index is 12.1. The molecule has 1 aromatic carbocycles. The highest BCUT2D eigenvalue weighted by molar-refractivity contribution is 7.89. The molecule has 0 aliphatic rings. The van der Waals surface area contributed by atoms with E-state index in [0.29, 0.717) is 13.0 Å². The summed E-state index contributed by atoms with van der Waals surface area (Å²) in [4.78, 5) is 12.1. The molecule has 3 N–H and O–H groups in total. The number of phenols is 1. The van der Waals surface area contributed by atoms with Crippen LogP contribution in [0, 0.1) is 5.92 Å². The number of phenolic OH excluding ortho intramolecular Hbond substituents is 1. The van der Waals surface area contributed by atoms with Gasteiger partial charge in [-0.15, -0.1) is 0 Å². The van der Waals surface area contributed by atoms with Gasteiger partial charge in [0.2, 0.25) is 15.9 Å². The summed E-state index contributed by atoms with van der Waals surface area (Å²) in [6, 6.07) is 5.96. The average molecular weight is 328 g/mol. The van der Waals surface area contributed by atoms with Crippen LogP contribution in [0.4, 0.5) is 0 Å². The molecule has 0 radical (unpaired) electrons. The Morgan fingerprint density at radius 3 is 2.32 bits per heavy atom. The zero-order valence-corrected chi connectivity index (χ0v) is 14.0. The van der Waals surface area contributed by atoms with Crippen molar-refractivity contribution in [1.82, 2.24) is 10.0 Å². The molecule has 0 heterocycles. The number of amides is 1. The number of hydrogen-bond acceptors (Lipinski definition) is 4. The van der Waals surface area contributed by atoms with Gasteiger partial charge in [-0.2, -0.15) is 0 Å². The zero-order valence-electron chi connectivity index (χ0n) is 13.2. The van der Waals surface area contributed by atoms with E-state index in [0.717, 1.165) is 5.56 Å². The van der Waals surface area contributed by atoms with Gasteiger partial charge in [0.1, 0.15) is 11.8 Å². The maximum Gasteiger partial charge on any atom is 0.238 e. The molecule has 0 saturated heterocycles. The standard InChI is InChI=1S/C15H24N2O4S/c1-4-22(20,21)17-14(11(2)3)15(19)16-10-9-12-5-7-13(18)8-6-12/h5-8,11,14,17-18H,4,9-10H2,1-3H3,(H,16,19)/t14-/m0/s1. The Morgan fingerprint density at radius 1 is 1.23 bits per heavy atom. The molecule has 0 aliphatic carbocycles. The van der Waals surface area contributed by atoms with Crippen LogP contribution in [0.1, 0.15) is 26.3 Å². The Balaban J connectivity index is 2.55. The summed E-state index contributed by atoms with van der Waals surface area (Å²) in [5.74, 6) is -0.334. The van der Waals surface area contributed by atoms with Crippen molar-refractivity contribution in [3.63, 3.8) is 0 Å². The Labute approximate surface area is 132 Å². The minimum atomic E-state index is -3.43. The van der Waals surface area contributed by atoms with Crippen molar-refractivity contribution in [3.05, 3.63) is 29.8 Å². The van der Waals surface area contributed by atoms with Gasteiger partial charge in [0.05, 0.1) is 5.75 Å². The predicted molar refractivity (Wildman–Crippen MR) is 86.0 cm³/mol. The predicted octanol–water partition coefficient (Wildman–Crippen LogP) is 1.01. The van der Waals surface area contributed by atoms with Gasteiger partial charge in [-0.05, 0) is 37.0 Å². The average Bonchev–Trinajstić information content (AvgIpc) is 2.46. The maximum absolute atomic E-state index is 12.1. The van der Waals surface area contributed by atoms with Crippen molar-refractivity contribution < 1.29 is 18.3 Å². The van der Waals surface area contributed by atoms with Crippen LogP contribution in [0.25, 0.3) is 0 Å². The van der Waals surface area contributed by atoms with E-state index >= 15 is 0 Å². The number of carbonyl (C=O) groups is 1. The first-order chi connectivity index (χ1) is 10.2. The first-order valence-electron chi connectivity index (χ1n) is 7.30. The summed E-state index contributed by atoms with van der Waals surface area (Å²) in [7, 11) is -3.43. The lowest BCUT2D eigenvalue weighted by Crippen LogP contribution is -2.50. The van der Waals surface area contributed by atoms with Crippen molar-refractivity contribution in [2.75, 3.05) is 12.3 Å². The van der Waals surface area contributed by atoms with Crippen molar-refractivity contribution >= 4 is 15.9 Å². The SMILES string of the molecule is CCS(=O)(=O)N[C@H](C(=O)NCCc1ccc(O)cc1)C(C)C. The lowest BCUT2D eigenvalue weighted by Gasteiger charge is -2.21. The molecular formula is C15H24N2O4S. The third-order valence-electron chi connectivity index (χ3n) is 3.28. The van der Waals surface area contributed by atoms with Crippen LogP contribution < -0.4 is 10.0 Å². The molecule has 124 valence electrons. The minimum absolute atomic E-state index is 0.0585. The van der Waals surface area contributed by atoms with E-state index in [9.17, 15) is 18.3 Å². The minimum Gasteiger partial charge on any atom is -0.508 e. The van der Waals surface area contributed by atoms with E-state index < -0.39 is 16.1 Å². The number of hydrogen-bond donors (Lipinski definition) is 3. The summed E-state index contributed by atoms with van der Waals surface area (Å²) in [6.45, 7) is 5.52. The smallest absolute Gasteiger partial charge is 0.238 e. The van der Waals surface area contributed by atoms with Gasteiger partial charge in [-0.25, -0.2) is 13.1 Å². The third-order valence-corrected chi connectivity index (χ3v) is 4.66. The van der Waals surface area contributed by atoms with Crippen LogP contribution in [-0.4, -0.2) is 37.8 Å². The van der Waals surface area contributed by atoms with Crippen molar-refractivity contribution in [2.45, 2.75) is 33.2 Å². The quantitative estimate of drug-likeness (QED) is 0.664. The molecule has 0 bridgehead atoms. The van der Waals surface area contributed by atoms with Gasteiger partial charge in [0.15, 0.2) is 0 Å². The fourth-order valence-corrected chi connectivity index (χ4v) is 2.80. The molecule has 0 aromatic heterocycles. The van der Waals surface area contributed by atoms with E-state index in [2.05, 4.69) is 10.0 Å². The number of rotatable bonds is 8. The van der Waals surface area contributed by atoms with E-state index in [1.54, 1.807) is 38.1 Å². The number of carbonyl (C=O) groups excluding carboxylic acids is 1. The molecule has 22 heavy (non-hydrogen) atoms. The zero-order chi connectivity index (χ0) is 16.8. The van der Waals surface area contributed by atoms with Gasteiger partial charge >= 0.3 is 0 Å². The highest BCUT2D eigenvalue weighted by Crippen LogP contribution is 2.10.